The fourth-order valence-electron chi connectivity index (χ4n) is 1.69. The molecule has 1 aliphatic heterocycles. The predicted molar refractivity (Wildman–Crippen MR) is 59.4 cm³/mol. The minimum atomic E-state index is 0.550. The average Bonchev–Trinajstić information content (AvgIpc) is 2.19. The van der Waals surface area contributed by atoms with Crippen molar-refractivity contribution in [2.24, 2.45) is 0 Å². The molecule has 0 spiro atoms. The smallest absolute Gasteiger partial charge is 0.0615 e. The summed E-state index contributed by atoms with van der Waals surface area (Å²) in [6.45, 7) is 3.06. The summed E-state index contributed by atoms with van der Waals surface area (Å²) < 4.78 is 5.17. The number of hydrogen-bond donors (Lipinski definition) is 1. The van der Waals surface area contributed by atoms with E-state index >= 15 is 0 Å². The van der Waals surface area contributed by atoms with Crippen LogP contribution in [0.5, 0.6) is 0 Å². The molecule has 2 unspecified atom stereocenters. The molecule has 3 heteroatoms. The molecule has 78 valence electrons. The van der Waals surface area contributed by atoms with Crippen LogP contribution in [0.1, 0.15) is 26.2 Å². The molecule has 1 N–H and O–H groups in total. The van der Waals surface area contributed by atoms with Gasteiger partial charge in [-0.15, -0.1) is 0 Å². The van der Waals surface area contributed by atoms with Gasteiger partial charge in [-0.3, -0.25) is 0 Å². The van der Waals surface area contributed by atoms with Gasteiger partial charge in [-0.2, -0.15) is 11.8 Å². The Morgan fingerprint density at radius 3 is 3.00 bits per heavy atom. The normalized spacial score (nSPS) is 25.8. The van der Waals surface area contributed by atoms with Gasteiger partial charge >= 0.3 is 0 Å². The first-order chi connectivity index (χ1) is 6.36. The lowest BCUT2D eigenvalue weighted by Crippen LogP contribution is -2.43. The van der Waals surface area contributed by atoms with Crippen LogP contribution in [-0.4, -0.2) is 37.3 Å². The van der Waals surface area contributed by atoms with Crippen molar-refractivity contribution < 1.29 is 4.74 Å². The summed E-state index contributed by atoms with van der Waals surface area (Å²) in [5.74, 6) is 2.62. The molecular weight excluding hydrogens is 182 g/mol. The van der Waals surface area contributed by atoms with Crippen molar-refractivity contribution in [2.75, 3.05) is 25.2 Å². The highest BCUT2D eigenvalue weighted by Crippen LogP contribution is 2.17. The monoisotopic (exact) mass is 203 g/mol. The lowest BCUT2D eigenvalue weighted by molar-refractivity contribution is 0.158. The molecule has 0 aliphatic carbocycles. The Kier molecular flexibility index (Phi) is 5.83. The molecule has 1 fully saturated rings. The second-order valence-electron chi connectivity index (χ2n) is 3.64. The van der Waals surface area contributed by atoms with Gasteiger partial charge in [-0.1, -0.05) is 6.92 Å². The zero-order valence-electron chi connectivity index (χ0n) is 8.71. The Labute approximate surface area is 85.8 Å². The highest BCUT2D eigenvalue weighted by Gasteiger charge is 2.16. The van der Waals surface area contributed by atoms with E-state index in [9.17, 15) is 0 Å². The molecule has 13 heavy (non-hydrogen) atoms. The van der Waals surface area contributed by atoms with Crippen LogP contribution < -0.4 is 5.32 Å². The van der Waals surface area contributed by atoms with Gasteiger partial charge in [0.05, 0.1) is 6.61 Å². The number of nitrogens with one attached hydrogen (secondary N) is 1. The minimum Gasteiger partial charge on any atom is -0.383 e. The van der Waals surface area contributed by atoms with E-state index in [1.807, 2.05) is 0 Å². The molecule has 1 heterocycles. The summed E-state index contributed by atoms with van der Waals surface area (Å²) in [7, 11) is 1.78. The van der Waals surface area contributed by atoms with Gasteiger partial charge in [0, 0.05) is 24.9 Å². The van der Waals surface area contributed by atoms with Crippen LogP contribution in [0.3, 0.4) is 0 Å². The second kappa shape index (κ2) is 6.68. The quantitative estimate of drug-likeness (QED) is 0.737. The van der Waals surface area contributed by atoms with Crippen molar-refractivity contribution in [1.82, 2.24) is 5.32 Å². The highest BCUT2D eigenvalue weighted by molar-refractivity contribution is 7.99. The number of methoxy groups -OCH3 is 1. The van der Waals surface area contributed by atoms with Crippen LogP contribution >= 0.6 is 11.8 Å². The Hall–Kier alpha value is 0.270. The van der Waals surface area contributed by atoms with Crippen molar-refractivity contribution in [3.05, 3.63) is 0 Å². The largest absolute Gasteiger partial charge is 0.383 e. The fraction of sp³-hybridized carbons (Fsp3) is 1.00. The van der Waals surface area contributed by atoms with E-state index in [1.165, 1.54) is 24.3 Å². The second-order valence-corrected chi connectivity index (χ2v) is 4.79. The van der Waals surface area contributed by atoms with Crippen molar-refractivity contribution in [3.8, 4) is 0 Å². The van der Waals surface area contributed by atoms with Gasteiger partial charge in [0.25, 0.3) is 0 Å². The first kappa shape index (κ1) is 11.3. The minimum absolute atomic E-state index is 0.550. The summed E-state index contributed by atoms with van der Waals surface area (Å²) in [5, 5.41) is 3.66. The summed E-state index contributed by atoms with van der Waals surface area (Å²) >= 11 is 2.07. The summed E-state index contributed by atoms with van der Waals surface area (Å²) in [6, 6.07) is 1.27. The van der Waals surface area contributed by atoms with Crippen LogP contribution in [-0.2, 0) is 4.74 Å². The highest BCUT2D eigenvalue weighted by atomic mass is 32.2. The van der Waals surface area contributed by atoms with Gasteiger partial charge in [0.15, 0.2) is 0 Å². The molecule has 0 bridgehead atoms. The van der Waals surface area contributed by atoms with Gasteiger partial charge in [0.1, 0.15) is 0 Å². The lowest BCUT2D eigenvalue weighted by atomic mass is 10.1. The van der Waals surface area contributed by atoms with E-state index in [4.69, 9.17) is 4.74 Å². The number of hydrogen-bond acceptors (Lipinski definition) is 3. The van der Waals surface area contributed by atoms with Crippen molar-refractivity contribution in [3.63, 3.8) is 0 Å². The van der Waals surface area contributed by atoms with Gasteiger partial charge < -0.3 is 10.1 Å². The molecule has 0 aromatic carbocycles. The molecule has 0 radical (unpaired) electrons. The van der Waals surface area contributed by atoms with E-state index in [0.717, 1.165) is 19.1 Å². The van der Waals surface area contributed by atoms with Crippen LogP contribution in [0.2, 0.25) is 0 Å². The van der Waals surface area contributed by atoms with E-state index in [-0.39, 0.29) is 0 Å². The molecule has 1 rings (SSSR count). The first-order valence-electron chi connectivity index (χ1n) is 5.19. The maximum atomic E-state index is 5.17. The third-order valence-corrected chi connectivity index (χ3v) is 3.71. The molecule has 0 aromatic rings. The number of thioether (sulfide) groups is 1. The molecule has 2 nitrogen and oxygen atoms in total. The molecule has 1 saturated heterocycles. The Morgan fingerprint density at radius 1 is 1.62 bits per heavy atom. The Bertz CT molecular complexity index is 123. The Morgan fingerprint density at radius 2 is 2.46 bits per heavy atom. The van der Waals surface area contributed by atoms with Crippen molar-refractivity contribution in [2.45, 2.75) is 38.3 Å². The number of ether oxygens (including phenoxy) is 1. The maximum Gasteiger partial charge on any atom is 0.0615 e. The van der Waals surface area contributed by atoms with Crippen molar-refractivity contribution >= 4 is 11.8 Å². The third-order valence-electron chi connectivity index (χ3n) is 2.49. The van der Waals surface area contributed by atoms with Crippen LogP contribution in [0.25, 0.3) is 0 Å². The van der Waals surface area contributed by atoms with Crippen molar-refractivity contribution in [1.29, 1.82) is 0 Å². The number of rotatable bonds is 5. The molecule has 0 amide bonds. The van der Waals surface area contributed by atoms with E-state index in [0.29, 0.717) is 6.04 Å². The molecule has 0 aromatic heterocycles. The first-order valence-corrected chi connectivity index (χ1v) is 6.35. The zero-order valence-corrected chi connectivity index (χ0v) is 9.53. The Balaban J connectivity index is 2.18. The predicted octanol–water partition coefficient (Wildman–Crippen LogP) is 1.90. The van der Waals surface area contributed by atoms with Crippen LogP contribution in [0.15, 0.2) is 0 Å². The molecule has 0 saturated carbocycles. The van der Waals surface area contributed by atoms with E-state index in [1.54, 1.807) is 7.11 Å². The lowest BCUT2D eigenvalue weighted by Gasteiger charge is -2.27. The SMILES string of the molecule is CCC(COC)NC1CCCSC1. The molecule has 1 aliphatic rings. The van der Waals surface area contributed by atoms with E-state index in [2.05, 4.69) is 24.0 Å². The molecule has 2 atom stereocenters. The average molecular weight is 203 g/mol. The molecular formula is C10H21NOS. The van der Waals surface area contributed by atoms with Gasteiger partial charge in [0.2, 0.25) is 0 Å². The van der Waals surface area contributed by atoms with Crippen LogP contribution in [0, 0.1) is 0 Å². The van der Waals surface area contributed by atoms with Gasteiger partial charge in [-0.05, 0) is 25.0 Å². The third kappa shape index (κ3) is 4.34. The summed E-state index contributed by atoms with van der Waals surface area (Å²) in [4.78, 5) is 0. The standard InChI is InChI=1S/C10H21NOS/c1-3-9(7-12-2)11-10-5-4-6-13-8-10/h9-11H,3-8H2,1-2H3. The fourth-order valence-corrected chi connectivity index (χ4v) is 2.78. The summed E-state index contributed by atoms with van der Waals surface area (Å²) in [6.07, 6.45) is 3.87. The zero-order chi connectivity index (χ0) is 9.52. The van der Waals surface area contributed by atoms with Crippen LogP contribution in [0.4, 0.5) is 0 Å². The summed E-state index contributed by atoms with van der Waals surface area (Å²) in [5.41, 5.74) is 0. The van der Waals surface area contributed by atoms with Gasteiger partial charge in [-0.25, -0.2) is 0 Å². The topological polar surface area (TPSA) is 21.3 Å². The maximum absolute atomic E-state index is 5.17. The van der Waals surface area contributed by atoms with E-state index < -0.39 is 0 Å².